The average molecular weight is 209 g/mol. The number of carbonyl (C=O) groups is 2. The van der Waals surface area contributed by atoms with E-state index < -0.39 is 5.97 Å². The van der Waals surface area contributed by atoms with E-state index in [9.17, 15) is 9.59 Å². The molecule has 0 aromatic heterocycles. The van der Waals surface area contributed by atoms with Gasteiger partial charge in [0.25, 0.3) is 0 Å². The number of carbonyl (C=O) groups excluding carboxylic acids is 1. The van der Waals surface area contributed by atoms with Crippen LogP contribution in [0.1, 0.15) is 32.1 Å². The molecule has 0 aromatic carbocycles. The summed E-state index contributed by atoms with van der Waals surface area (Å²) in [4.78, 5) is 22.0. The molecule has 1 aliphatic rings. The number of hydrogen-bond donors (Lipinski definition) is 2. The molecule has 0 bridgehead atoms. The van der Waals surface area contributed by atoms with Crippen molar-refractivity contribution in [1.29, 1.82) is 0 Å². The number of hydrogen-bond acceptors (Lipinski definition) is 2. The molecule has 0 saturated heterocycles. The summed E-state index contributed by atoms with van der Waals surface area (Å²) in [5, 5.41) is 11.6. The first-order chi connectivity index (χ1) is 7.13. The number of aliphatic carboxylic acids is 1. The van der Waals surface area contributed by atoms with E-state index in [1.165, 1.54) is 0 Å². The third-order valence-corrected chi connectivity index (χ3v) is 2.65. The van der Waals surface area contributed by atoms with E-state index in [4.69, 9.17) is 11.5 Å². The molecule has 2 N–H and O–H groups in total. The van der Waals surface area contributed by atoms with E-state index in [2.05, 4.69) is 11.2 Å². The first-order valence-electron chi connectivity index (χ1n) is 5.09. The number of nitrogens with one attached hydrogen (secondary N) is 1. The molecule has 4 nitrogen and oxygen atoms in total. The minimum Gasteiger partial charge on any atom is -0.481 e. The molecule has 1 saturated carbocycles. The highest BCUT2D eigenvalue weighted by Gasteiger charge is 2.27. The fourth-order valence-corrected chi connectivity index (χ4v) is 1.92. The Labute approximate surface area is 89.0 Å². The fourth-order valence-electron chi connectivity index (χ4n) is 1.92. The van der Waals surface area contributed by atoms with Crippen LogP contribution in [0.3, 0.4) is 0 Å². The Kier molecular flexibility index (Phi) is 4.17. The van der Waals surface area contributed by atoms with Crippen LogP contribution in [-0.2, 0) is 9.59 Å². The number of terminal acetylenes is 1. The van der Waals surface area contributed by atoms with Gasteiger partial charge in [-0.1, -0.05) is 12.3 Å². The van der Waals surface area contributed by atoms with Gasteiger partial charge in [-0.2, -0.15) is 0 Å². The highest BCUT2D eigenvalue weighted by molar-refractivity contribution is 5.78. The molecule has 82 valence electrons. The normalized spacial score (nSPS) is 25.3. The van der Waals surface area contributed by atoms with Crippen LogP contribution in [0.25, 0.3) is 0 Å². The summed E-state index contributed by atoms with van der Waals surface area (Å²) in [5.74, 6) is 0.980. The van der Waals surface area contributed by atoms with Crippen molar-refractivity contribution < 1.29 is 14.7 Å². The first kappa shape index (κ1) is 11.6. The van der Waals surface area contributed by atoms with Crippen LogP contribution >= 0.6 is 0 Å². The predicted octanol–water partition coefficient (Wildman–Crippen LogP) is 0.769. The molecule has 0 aliphatic heterocycles. The zero-order valence-electron chi connectivity index (χ0n) is 8.53. The molecule has 4 heteroatoms. The summed E-state index contributed by atoms with van der Waals surface area (Å²) in [6, 6.07) is -0.0271. The molecule has 0 heterocycles. The Morgan fingerprint density at radius 2 is 2.20 bits per heavy atom. The van der Waals surface area contributed by atoms with Crippen molar-refractivity contribution in [3.63, 3.8) is 0 Å². The molecule has 1 rings (SSSR count). The maximum absolute atomic E-state index is 11.2. The van der Waals surface area contributed by atoms with Crippen molar-refractivity contribution in [2.75, 3.05) is 0 Å². The smallest absolute Gasteiger partial charge is 0.306 e. The number of rotatable bonds is 3. The molecule has 1 amide bonds. The van der Waals surface area contributed by atoms with E-state index in [1.54, 1.807) is 0 Å². The summed E-state index contributed by atoms with van der Waals surface area (Å²) in [6.45, 7) is 0. The van der Waals surface area contributed by atoms with Crippen LogP contribution in [0.15, 0.2) is 0 Å². The third-order valence-electron chi connectivity index (χ3n) is 2.65. The van der Waals surface area contributed by atoms with Gasteiger partial charge in [-0.15, -0.1) is 6.42 Å². The van der Waals surface area contributed by atoms with Gasteiger partial charge >= 0.3 is 5.97 Å². The molecule has 2 atom stereocenters. The van der Waals surface area contributed by atoms with Crippen molar-refractivity contribution in [2.24, 2.45) is 5.92 Å². The topological polar surface area (TPSA) is 66.4 Å². The van der Waals surface area contributed by atoms with Gasteiger partial charge in [0.2, 0.25) is 5.91 Å². The Bertz CT molecular complexity index is 293. The van der Waals surface area contributed by atoms with E-state index in [1.807, 2.05) is 0 Å². The maximum atomic E-state index is 11.2. The Morgan fingerprint density at radius 3 is 2.80 bits per heavy atom. The van der Waals surface area contributed by atoms with Crippen molar-refractivity contribution in [2.45, 2.75) is 38.1 Å². The molecule has 15 heavy (non-hydrogen) atoms. The van der Waals surface area contributed by atoms with E-state index in [0.717, 1.165) is 12.8 Å². The molecule has 0 radical (unpaired) electrons. The van der Waals surface area contributed by atoms with Gasteiger partial charge in [0, 0.05) is 6.04 Å². The number of carboxylic acids is 1. The summed E-state index contributed by atoms with van der Waals surface area (Å²) < 4.78 is 0. The first-order valence-corrected chi connectivity index (χ1v) is 5.09. The summed E-state index contributed by atoms with van der Waals surface area (Å²) in [6.07, 6.45) is 7.99. The second-order valence-electron chi connectivity index (χ2n) is 3.85. The van der Waals surface area contributed by atoms with Gasteiger partial charge in [0.1, 0.15) is 0 Å². The van der Waals surface area contributed by atoms with E-state index >= 15 is 0 Å². The molecule has 1 aliphatic carbocycles. The molecular formula is C11H15NO3. The van der Waals surface area contributed by atoms with Crippen molar-refractivity contribution in [1.82, 2.24) is 5.32 Å². The monoisotopic (exact) mass is 209 g/mol. The fraction of sp³-hybridized carbons (Fsp3) is 0.636. The SMILES string of the molecule is C#CCC(=O)NC1CCCC(C(=O)O)C1. The van der Waals surface area contributed by atoms with Gasteiger partial charge < -0.3 is 10.4 Å². The van der Waals surface area contributed by atoms with Crippen LogP contribution in [0.5, 0.6) is 0 Å². The Morgan fingerprint density at radius 1 is 1.47 bits per heavy atom. The van der Waals surface area contributed by atoms with E-state index in [0.29, 0.717) is 12.8 Å². The van der Waals surface area contributed by atoms with Crippen LogP contribution in [-0.4, -0.2) is 23.0 Å². The van der Waals surface area contributed by atoms with Gasteiger partial charge in [-0.05, 0) is 19.3 Å². The average Bonchev–Trinajstić information content (AvgIpc) is 2.18. The largest absolute Gasteiger partial charge is 0.481 e. The summed E-state index contributed by atoms with van der Waals surface area (Å²) >= 11 is 0. The predicted molar refractivity (Wildman–Crippen MR) is 55.0 cm³/mol. The van der Waals surface area contributed by atoms with Gasteiger partial charge in [0.05, 0.1) is 12.3 Å². The van der Waals surface area contributed by atoms with Crippen LogP contribution < -0.4 is 5.32 Å². The Balaban J connectivity index is 2.40. The van der Waals surface area contributed by atoms with Crippen LogP contribution in [0.2, 0.25) is 0 Å². The van der Waals surface area contributed by atoms with Crippen LogP contribution in [0.4, 0.5) is 0 Å². The van der Waals surface area contributed by atoms with Crippen molar-refractivity contribution in [3.8, 4) is 12.3 Å². The van der Waals surface area contributed by atoms with Gasteiger partial charge in [0.15, 0.2) is 0 Å². The van der Waals surface area contributed by atoms with Crippen LogP contribution in [0, 0.1) is 18.3 Å². The minimum absolute atomic E-state index is 0.0271. The molecular weight excluding hydrogens is 194 g/mol. The maximum Gasteiger partial charge on any atom is 0.306 e. The third kappa shape index (κ3) is 3.62. The zero-order chi connectivity index (χ0) is 11.3. The van der Waals surface area contributed by atoms with Crippen molar-refractivity contribution in [3.05, 3.63) is 0 Å². The summed E-state index contributed by atoms with van der Waals surface area (Å²) in [7, 11) is 0. The molecule has 2 unspecified atom stereocenters. The second-order valence-corrected chi connectivity index (χ2v) is 3.85. The number of carboxylic acid groups (broad SMARTS) is 1. The summed E-state index contributed by atoms with van der Waals surface area (Å²) in [5.41, 5.74) is 0. The lowest BCUT2D eigenvalue weighted by molar-refractivity contribution is -0.143. The minimum atomic E-state index is -0.772. The van der Waals surface area contributed by atoms with Gasteiger partial charge in [-0.25, -0.2) is 0 Å². The Hall–Kier alpha value is -1.50. The zero-order valence-corrected chi connectivity index (χ0v) is 8.53. The highest BCUT2D eigenvalue weighted by atomic mass is 16.4. The van der Waals surface area contributed by atoms with Crippen molar-refractivity contribution >= 4 is 11.9 Å². The standard InChI is InChI=1S/C11H15NO3/c1-2-4-10(13)12-9-6-3-5-8(7-9)11(14)15/h1,8-9H,3-7H2,(H,12,13)(H,14,15). The molecule has 0 spiro atoms. The lowest BCUT2D eigenvalue weighted by Crippen LogP contribution is -2.39. The molecule has 1 fully saturated rings. The highest BCUT2D eigenvalue weighted by Crippen LogP contribution is 2.24. The number of amides is 1. The van der Waals surface area contributed by atoms with E-state index in [-0.39, 0.29) is 24.3 Å². The lowest BCUT2D eigenvalue weighted by Gasteiger charge is -2.27. The second kappa shape index (κ2) is 5.40. The lowest BCUT2D eigenvalue weighted by atomic mass is 9.86. The van der Waals surface area contributed by atoms with Gasteiger partial charge in [-0.3, -0.25) is 9.59 Å². The molecule has 0 aromatic rings. The quantitative estimate of drug-likeness (QED) is 0.675.